The number of para-hydroxylation sites is 2. The molecule has 0 spiro atoms. The maximum absolute atomic E-state index is 12.2. The summed E-state index contributed by atoms with van der Waals surface area (Å²) in [4.78, 5) is 13.7. The van der Waals surface area contributed by atoms with Crippen LogP contribution in [-0.4, -0.2) is 35.2 Å². The van der Waals surface area contributed by atoms with Gasteiger partial charge in [0.2, 0.25) is 0 Å². The first-order valence-electron chi connectivity index (χ1n) is 7.80. The minimum atomic E-state index is -0.359. The number of nitrogens with one attached hydrogen (secondary N) is 2. The number of hydrogen-bond donors (Lipinski definition) is 3. The van der Waals surface area contributed by atoms with Crippen molar-refractivity contribution in [2.75, 3.05) is 24.7 Å². The fraction of sp³-hybridized carbons (Fsp3) is 0.118. The number of hydrogen-bond acceptors (Lipinski definition) is 7. The van der Waals surface area contributed by atoms with Gasteiger partial charge in [0.15, 0.2) is 5.75 Å². The number of aromatic hydroxyl groups is 1. The highest BCUT2D eigenvalue weighted by Gasteiger charge is 2.22. The second-order valence-corrected chi connectivity index (χ2v) is 6.61. The topological polar surface area (TPSA) is 118 Å². The second-order valence-electron chi connectivity index (χ2n) is 5.76. The molecule has 1 heterocycles. The molecule has 0 aliphatic carbocycles. The van der Waals surface area contributed by atoms with Crippen molar-refractivity contribution in [2.24, 2.45) is 0 Å². The average molecular weight is 434 g/mol. The molecular weight excluding hydrogens is 418 g/mol. The molecule has 1 aromatic heterocycles. The molecule has 2 aromatic carbocycles. The number of halogens is 1. The zero-order valence-electron chi connectivity index (χ0n) is 14.4. The van der Waals surface area contributed by atoms with Gasteiger partial charge in [-0.3, -0.25) is 10.1 Å². The van der Waals surface area contributed by atoms with Gasteiger partial charge >= 0.3 is 11.6 Å². The number of anilines is 4. The quantitative estimate of drug-likeness (QED) is 0.418. The third kappa shape index (κ3) is 3.80. The van der Waals surface area contributed by atoms with E-state index in [9.17, 15) is 15.1 Å². The lowest BCUT2D eigenvalue weighted by molar-refractivity contribution is -0.790. The Morgan fingerprint density at radius 1 is 1.19 bits per heavy atom. The maximum atomic E-state index is 12.2. The summed E-state index contributed by atoms with van der Waals surface area (Å²) in [6.07, 6.45) is 0. The number of phenolic OH excluding ortho intramolecular Hbond substituents is 1. The summed E-state index contributed by atoms with van der Waals surface area (Å²) in [5, 5.41) is 31.8. The number of amides is 1. The number of phenols is 1. The number of benzene rings is 2. The standard InChI is InChI=1S/C17H16BrN5O4/c1-22(2)17(25)10-6-5-9-13(14(10)24)19-15-16(23(26)27-21-15)20-12-8-4-3-7-11(12)18/h3-9,20,24H,1-2H3,(H,19,21). The van der Waals surface area contributed by atoms with E-state index in [4.69, 9.17) is 0 Å². The van der Waals surface area contributed by atoms with Crippen molar-refractivity contribution in [3.05, 3.63) is 57.7 Å². The smallest absolute Gasteiger partial charge is 0.324 e. The summed E-state index contributed by atoms with van der Waals surface area (Å²) in [7, 11) is 3.17. The van der Waals surface area contributed by atoms with Gasteiger partial charge in [0, 0.05) is 14.1 Å². The Labute approximate surface area is 162 Å². The minimum Gasteiger partial charge on any atom is -0.505 e. The van der Waals surface area contributed by atoms with Crippen LogP contribution < -0.4 is 15.5 Å². The third-order valence-electron chi connectivity index (χ3n) is 3.67. The van der Waals surface area contributed by atoms with E-state index in [1.807, 2.05) is 6.07 Å². The Morgan fingerprint density at radius 2 is 1.89 bits per heavy atom. The van der Waals surface area contributed by atoms with Gasteiger partial charge < -0.3 is 25.2 Å². The molecule has 0 aliphatic rings. The van der Waals surface area contributed by atoms with Crippen LogP contribution in [0.3, 0.4) is 0 Å². The lowest BCUT2D eigenvalue weighted by Crippen LogP contribution is -2.26. The first-order chi connectivity index (χ1) is 12.9. The van der Waals surface area contributed by atoms with E-state index in [0.29, 0.717) is 5.69 Å². The molecule has 0 atom stereocenters. The number of nitrogens with zero attached hydrogens (tertiary/aromatic N) is 3. The van der Waals surface area contributed by atoms with E-state index in [1.54, 1.807) is 44.4 Å². The number of carbonyl (C=O) groups excluding carboxylic acids is 1. The van der Waals surface area contributed by atoms with Crippen LogP contribution >= 0.6 is 15.9 Å². The predicted octanol–water partition coefficient (Wildman–Crippen LogP) is 2.97. The second kappa shape index (κ2) is 7.54. The van der Waals surface area contributed by atoms with Gasteiger partial charge in [0.05, 0.1) is 15.7 Å². The molecule has 0 aliphatic heterocycles. The summed E-state index contributed by atoms with van der Waals surface area (Å²) in [6.45, 7) is 0. The Morgan fingerprint density at radius 3 is 2.59 bits per heavy atom. The summed E-state index contributed by atoms with van der Waals surface area (Å²) in [5.74, 6) is -0.582. The van der Waals surface area contributed by atoms with Crippen molar-refractivity contribution < 1.29 is 19.4 Å². The van der Waals surface area contributed by atoms with Crippen molar-refractivity contribution >= 4 is 44.8 Å². The van der Waals surface area contributed by atoms with Crippen molar-refractivity contribution in [1.29, 1.82) is 0 Å². The van der Waals surface area contributed by atoms with Crippen LogP contribution in [0.2, 0.25) is 0 Å². The lowest BCUT2D eigenvalue weighted by atomic mass is 10.1. The first-order valence-corrected chi connectivity index (χ1v) is 8.59. The summed E-state index contributed by atoms with van der Waals surface area (Å²) < 4.78 is 5.38. The van der Waals surface area contributed by atoms with E-state index in [-0.39, 0.29) is 39.4 Å². The summed E-state index contributed by atoms with van der Waals surface area (Å²) in [6, 6.07) is 11.8. The van der Waals surface area contributed by atoms with Gasteiger partial charge in [0.25, 0.3) is 5.91 Å². The monoisotopic (exact) mass is 433 g/mol. The van der Waals surface area contributed by atoms with Crippen LogP contribution in [-0.2, 0) is 0 Å². The van der Waals surface area contributed by atoms with Crippen LogP contribution in [0.1, 0.15) is 10.4 Å². The van der Waals surface area contributed by atoms with Crippen LogP contribution in [0.15, 0.2) is 51.6 Å². The molecule has 0 unspecified atom stereocenters. The Balaban J connectivity index is 1.93. The zero-order chi connectivity index (χ0) is 19.6. The Hall–Kier alpha value is -3.27. The molecule has 140 valence electrons. The fourth-order valence-electron chi connectivity index (χ4n) is 2.31. The van der Waals surface area contributed by atoms with Crippen LogP contribution in [0.4, 0.5) is 23.0 Å². The summed E-state index contributed by atoms with van der Waals surface area (Å²) in [5.41, 5.74) is 0.935. The van der Waals surface area contributed by atoms with Crippen LogP contribution in [0, 0.1) is 5.21 Å². The molecular formula is C17H16BrN5O4. The van der Waals surface area contributed by atoms with Gasteiger partial charge in [-0.25, -0.2) is 0 Å². The average Bonchev–Trinajstić information content (AvgIpc) is 2.98. The Kier molecular flexibility index (Phi) is 5.17. The van der Waals surface area contributed by atoms with Crippen molar-refractivity contribution in [3.8, 4) is 5.75 Å². The molecule has 0 radical (unpaired) electrons. The lowest BCUT2D eigenvalue weighted by Gasteiger charge is -2.13. The van der Waals surface area contributed by atoms with Crippen LogP contribution in [0.25, 0.3) is 0 Å². The highest BCUT2D eigenvalue weighted by Crippen LogP contribution is 2.33. The van der Waals surface area contributed by atoms with Gasteiger partial charge in [-0.05, 0) is 45.4 Å². The molecule has 10 heteroatoms. The van der Waals surface area contributed by atoms with Crippen molar-refractivity contribution in [3.63, 3.8) is 0 Å². The molecule has 1 amide bonds. The van der Waals surface area contributed by atoms with E-state index < -0.39 is 0 Å². The highest BCUT2D eigenvalue weighted by atomic mass is 79.9. The van der Waals surface area contributed by atoms with E-state index >= 15 is 0 Å². The third-order valence-corrected chi connectivity index (χ3v) is 4.36. The van der Waals surface area contributed by atoms with E-state index in [2.05, 4.69) is 36.3 Å². The molecule has 3 aromatic rings. The summed E-state index contributed by atoms with van der Waals surface area (Å²) >= 11 is 3.38. The molecule has 27 heavy (non-hydrogen) atoms. The largest absolute Gasteiger partial charge is 0.505 e. The SMILES string of the molecule is CN(C)C(=O)c1cccc(Nc2no[n+]([O-])c2Nc2ccccc2Br)c1O. The first kappa shape index (κ1) is 18.5. The van der Waals surface area contributed by atoms with Crippen molar-refractivity contribution in [1.82, 2.24) is 10.1 Å². The molecule has 9 nitrogen and oxygen atoms in total. The van der Waals surface area contributed by atoms with Gasteiger partial charge in [-0.2, -0.15) is 0 Å². The predicted molar refractivity (Wildman–Crippen MR) is 102 cm³/mol. The normalized spacial score (nSPS) is 10.5. The molecule has 0 saturated carbocycles. The fourth-order valence-corrected chi connectivity index (χ4v) is 2.69. The Bertz CT molecular complexity index is 989. The molecule has 3 rings (SSSR count). The van der Waals surface area contributed by atoms with Gasteiger partial charge in [-0.1, -0.05) is 23.1 Å². The van der Waals surface area contributed by atoms with Gasteiger partial charge in [-0.15, -0.1) is 0 Å². The van der Waals surface area contributed by atoms with Crippen LogP contribution in [0.5, 0.6) is 5.75 Å². The number of rotatable bonds is 5. The highest BCUT2D eigenvalue weighted by molar-refractivity contribution is 9.10. The van der Waals surface area contributed by atoms with E-state index in [0.717, 1.165) is 4.47 Å². The van der Waals surface area contributed by atoms with Gasteiger partial charge in [0.1, 0.15) is 5.69 Å². The zero-order valence-corrected chi connectivity index (χ0v) is 16.0. The molecule has 0 bridgehead atoms. The maximum Gasteiger partial charge on any atom is 0.324 e. The number of carbonyl (C=O) groups is 1. The minimum absolute atomic E-state index is 0.00867. The molecule has 0 saturated heterocycles. The molecule has 0 fully saturated rings. The molecule has 3 N–H and O–H groups in total. The van der Waals surface area contributed by atoms with E-state index in [1.165, 1.54) is 11.0 Å². The van der Waals surface area contributed by atoms with Crippen molar-refractivity contribution in [2.45, 2.75) is 0 Å². The number of aromatic nitrogens is 2.